The number of fused-ring (bicyclic) bond motifs is 4. The third-order valence-corrected chi connectivity index (χ3v) is 11.5. The summed E-state index contributed by atoms with van der Waals surface area (Å²) >= 11 is 21.2. The number of phenolic OH excluding ortho intramolecular Hbond substituents is 1. The Bertz CT molecular complexity index is 1850. The monoisotopic (exact) mass is 682 g/mol. The second kappa shape index (κ2) is 10.8. The van der Waals surface area contributed by atoms with Gasteiger partial charge in [-0.15, -0.1) is 23.2 Å². The Morgan fingerprint density at radius 2 is 1.65 bits per heavy atom. The van der Waals surface area contributed by atoms with Gasteiger partial charge in [0.25, 0.3) is 11.8 Å². The number of benzene rings is 3. The molecule has 1 N–H and O–H groups in total. The van der Waals surface area contributed by atoms with E-state index >= 15 is 0 Å². The number of aromatic hydroxyl groups is 1. The third kappa shape index (κ3) is 4.18. The molecule has 1 saturated carbocycles. The second-order valence-electron chi connectivity index (χ2n) is 12.1. The Kier molecular flexibility index (Phi) is 7.23. The van der Waals surface area contributed by atoms with Crippen molar-refractivity contribution in [3.63, 3.8) is 0 Å². The van der Waals surface area contributed by atoms with Gasteiger partial charge in [-0.3, -0.25) is 24.1 Å². The third-order valence-electron chi connectivity index (χ3n) is 9.77. The lowest BCUT2D eigenvalue weighted by Gasteiger charge is -2.50. The molecule has 0 spiro atoms. The van der Waals surface area contributed by atoms with Gasteiger partial charge in [0.05, 0.1) is 36.2 Å². The molecule has 8 nitrogen and oxygen atoms in total. The molecule has 0 bridgehead atoms. The van der Waals surface area contributed by atoms with Crippen molar-refractivity contribution in [2.24, 2.45) is 17.8 Å². The van der Waals surface area contributed by atoms with Crippen LogP contribution in [0.25, 0.3) is 0 Å². The van der Waals surface area contributed by atoms with Crippen molar-refractivity contribution in [1.82, 2.24) is 4.90 Å². The maximum absolute atomic E-state index is 14.5. The van der Waals surface area contributed by atoms with Crippen molar-refractivity contribution in [3.8, 4) is 11.5 Å². The van der Waals surface area contributed by atoms with E-state index in [1.807, 2.05) is 30.3 Å². The second-order valence-corrected chi connectivity index (χ2v) is 13.7. The van der Waals surface area contributed by atoms with Crippen LogP contribution in [-0.2, 0) is 25.7 Å². The van der Waals surface area contributed by atoms with E-state index in [2.05, 4.69) is 0 Å². The average Bonchev–Trinajstić information content (AvgIpc) is 3.37. The number of methoxy groups -OCH3 is 1. The summed E-state index contributed by atoms with van der Waals surface area (Å²) in [6.45, 7) is 0.0863. The smallest absolute Gasteiger partial charge is 0.258 e. The van der Waals surface area contributed by atoms with Gasteiger partial charge >= 0.3 is 0 Å². The minimum atomic E-state index is -2.14. The molecule has 4 aliphatic rings. The van der Waals surface area contributed by atoms with Crippen LogP contribution in [0.15, 0.2) is 78.4 Å². The maximum atomic E-state index is 14.5. The van der Waals surface area contributed by atoms with Crippen molar-refractivity contribution in [2.45, 2.75) is 35.1 Å². The topological polar surface area (TPSA) is 104 Å². The molecule has 2 saturated heterocycles. The zero-order valence-electron chi connectivity index (χ0n) is 24.3. The lowest BCUT2D eigenvalue weighted by Crippen LogP contribution is -2.60. The number of likely N-dealkylation sites (tertiary alicyclic amines) is 1. The number of phenols is 1. The van der Waals surface area contributed by atoms with Gasteiger partial charge in [0.2, 0.25) is 11.8 Å². The number of allylic oxidation sites excluding steroid dienone is 2. The van der Waals surface area contributed by atoms with Gasteiger partial charge in [-0.25, -0.2) is 9.29 Å². The Morgan fingerprint density at radius 3 is 2.33 bits per heavy atom. The Morgan fingerprint density at radius 1 is 0.957 bits per heavy atom. The first kappa shape index (κ1) is 30.7. The largest absolute Gasteiger partial charge is 0.503 e. The summed E-state index contributed by atoms with van der Waals surface area (Å²) < 4.78 is 19.2. The Labute approximate surface area is 278 Å². The summed E-state index contributed by atoms with van der Waals surface area (Å²) in [4.78, 5) is 54.4. The molecule has 46 heavy (non-hydrogen) atoms. The number of hydrogen-bond donors (Lipinski definition) is 1. The van der Waals surface area contributed by atoms with Crippen molar-refractivity contribution in [3.05, 3.63) is 100 Å². The summed E-state index contributed by atoms with van der Waals surface area (Å²) in [6.07, 6.45) is 1.78. The molecule has 3 aromatic rings. The van der Waals surface area contributed by atoms with Crippen LogP contribution in [0.5, 0.6) is 11.5 Å². The fourth-order valence-electron chi connectivity index (χ4n) is 7.68. The van der Waals surface area contributed by atoms with Crippen LogP contribution in [0.2, 0.25) is 5.02 Å². The highest BCUT2D eigenvalue weighted by Crippen LogP contribution is 2.66. The molecule has 3 fully saturated rings. The number of carbonyl (C=O) groups is 4. The summed E-state index contributed by atoms with van der Waals surface area (Å²) in [5.41, 5.74) is 1.72. The van der Waals surface area contributed by atoms with Crippen LogP contribution in [0.3, 0.4) is 0 Å². The average molecular weight is 684 g/mol. The SMILES string of the molecule is COc1cc(C2C3=CCC4C(=O)N(Cc5ccccc5)C(=O)C4C3CC3(Cl)C(=O)N(c4ccc(F)cc4)C(=O)C23Cl)cc(Cl)c1O. The molecular weight excluding hydrogens is 658 g/mol. The van der Waals surface area contributed by atoms with E-state index in [1.54, 1.807) is 6.08 Å². The first-order valence-corrected chi connectivity index (χ1v) is 15.7. The minimum Gasteiger partial charge on any atom is -0.503 e. The minimum absolute atomic E-state index is 0.00679. The fourth-order valence-corrected chi connectivity index (χ4v) is 8.83. The lowest BCUT2D eigenvalue weighted by molar-refractivity contribution is -0.141. The zero-order valence-corrected chi connectivity index (χ0v) is 26.5. The van der Waals surface area contributed by atoms with Crippen molar-refractivity contribution >= 4 is 64.1 Å². The molecule has 4 amide bonds. The number of amides is 4. The maximum Gasteiger partial charge on any atom is 0.258 e. The van der Waals surface area contributed by atoms with Gasteiger partial charge in [0, 0.05) is 5.92 Å². The van der Waals surface area contributed by atoms with E-state index in [-0.39, 0.29) is 47.5 Å². The van der Waals surface area contributed by atoms with E-state index in [1.165, 1.54) is 36.3 Å². The normalized spacial score (nSPS) is 30.2. The lowest BCUT2D eigenvalue weighted by atomic mass is 9.56. The molecule has 2 heterocycles. The summed E-state index contributed by atoms with van der Waals surface area (Å²) in [5.74, 6) is -6.77. The van der Waals surface area contributed by atoms with Crippen LogP contribution in [0.4, 0.5) is 10.1 Å². The van der Waals surface area contributed by atoms with Crippen LogP contribution in [-0.4, -0.2) is 50.5 Å². The van der Waals surface area contributed by atoms with E-state index < -0.39 is 57.0 Å². The number of anilines is 1. The molecule has 3 aromatic carbocycles. The number of halogens is 4. The van der Waals surface area contributed by atoms with Gasteiger partial charge in [-0.05, 0) is 66.3 Å². The van der Waals surface area contributed by atoms with Gasteiger partial charge < -0.3 is 9.84 Å². The molecule has 12 heteroatoms. The van der Waals surface area contributed by atoms with E-state index in [9.17, 15) is 28.7 Å². The number of hydrogen-bond acceptors (Lipinski definition) is 6. The van der Waals surface area contributed by atoms with Gasteiger partial charge in [-0.1, -0.05) is 53.6 Å². The Hall–Kier alpha value is -3.92. The zero-order chi connectivity index (χ0) is 32.7. The molecular formula is C34H26Cl3FN2O6. The molecule has 6 atom stereocenters. The van der Waals surface area contributed by atoms with Crippen molar-refractivity contribution in [2.75, 3.05) is 12.0 Å². The van der Waals surface area contributed by atoms with Crippen LogP contribution in [0, 0.1) is 23.6 Å². The molecule has 6 unspecified atom stereocenters. The number of nitrogens with zero attached hydrogens (tertiary/aromatic N) is 2. The molecule has 236 valence electrons. The summed E-state index contributed by atoms with van der Waals surface area (Å²) in [6, 6.07) is 16.8. The van der Waals surface area contributed by atoms with Crippen LogP contribution >= 0.6 is 34.8 Å². The highest BCUT2D eigenvalue weighted by molar-refractivity contribution is 6.58. The molecule has 2 aliphatic heterocycles. The number of rotatable bonds is 5. The first-order valence-electron chi connectivity index (χ1n) is 14.6. The fraction of sp³-hybridized carbons (Fsp3) is 0.294. The standard InChI is InChI=1S/C34H26Cl3FN2O6/c1-46-25-14-18(13-24(35)28(25)41)27-21-11-12-22-26(30(43)39(29(22)42)16-17-5-3-2-4-6-17)23(21)15-33(36)31(44)40(32(45)34(27,33)37)20-9-7-19(38)8-10-20/h2-11,13-14,22-23,26-27,41H,12,15-16H2,1H3. The summed E-state index contributed by atoms with van der Waals surface area (Å²) in [7, 11) is 1.33. The predicted octanol–water partition coefficient (Wildman–Crippen LogP) is 5.96. The summed E-state index contributed by atoms with van der Waals surface area (Å²) in [5, 5.41) is 10.4. The van der Waals surface area contributed by atoms with Gasteiger partial charge in [0.15, 0.2) is 21.2 Å². The number of alkyl halides is 2. The number of carbonyl (C=O) groups excluding carboxylic acids is 4. The van der Waals surface area contributed by atoms with E-state index in [0.717, 1.165) is 22.6 Å². The van der Waals surface area contributed by atoms with Crippen LogP contribution in [0.1, 0.15) is 29.9 Å². The quantitative estimate of drug-likeness (QED) is 0.202. The van der Waals surface area contributed by atoms with E-state index in [4.69, 9.17) is 39.5 Å². The van der Waals surface area contributed by atoms with Crippen molar-refractivity contribution in [1.29, 1.82) is 0 Å². The highest BCUT2D eigenvalue weighted by Gasteiger charge is 2.76. The van der Waals surface area contributed by atoms with Gasteiger partial charge in [-0.2, -0.15) is 0 Å². The predicted molar refractivity (Wildman–Crippen MR) is 168 cm³/mol. The molecule has 2 aliphatic carbocycles. The van der Waals surface area contributed by atoms with Crippen molar-refractivity contribution < 1.29 is 33.4 Å². The first-order chi connectivity index (χ1) is 21.9. The number of ether oxygens (including phenoxy) is 1. The highest BCUT2D eigenvalue weighted by atomic mass is 35.5. The van der Waals surface area contributed by atoms with E-state index in [0.29, 0.717) is 11.1 Å². The molecule has 7 rings (SSSR count). The molecule has 0 radical (unpaired) electrons. The van der Waals surface area contributed by atoms with Crippen LogP contribution < -0.4 is 9.64 Å². The molecule has 0 aromatic heterocycles. The number of imide groups is 2. The Balaban J connectivity index is 1.39. The van der Waals surface area contributed by atoms with Gasteiger partial charge in [0.1, 0.15) is 5.82 Å².